The van der Waals surface area contributed by atoms with Gasteiger partial charge in [-0.1, -0.05) is 24.3 Å². The Balaban J connectivity index is 1.27. The van der Waals surface area contributed by atoms with E-state index < -0.39 is 0 Å². The Kier molecular flexibility index (Phi) is 6.93. The third-order valence-electron chi connectivity index (χ3n) is 6.38. The van der Waals surface area contributed by atoms with Crippen LogP contribution in [-0.2, 0) is 32.6 Å². The Morgan fingerprint density at radius 2 is 1.86 bits per heavy atom. The lowest BCUT2D eigenvalue weighted by Gasteiger charge is -2.29. The number of amides is 1. The second-order valence-corrected chi connectivity index (χ2v) is 10.5. The normalized spacial score (nSPS) is 13.1. The van der Waals surface area contributed by atoms with Crippen molar-refractivity contribution in [3.8, 4) is 5.75 Å². The van der Waals surface area contributed by atoms with E-state index >= 15 is 0 Å². The average Bonchev–Trinajstić information content (AvgIpc) is 3.28. The number of aromatic nitrogens is 1. The van der Waals surface area contributed by atoms with Gasteiger partial charge in [0.2, 0.25) is 0 Å². The van der Waals surface area contributed by atoms with E-state index in [-0.39, 0.29) is 11.7 Å². The van der Waals surface area contributed by atoms with Gasteiger partial charge in [0, 0.05) is 54.2 Å². The fraction of sp³-hybridized carbons (Fsp3) is 0.241. The summed E-state index contributed by atoms with van der Waals surface area (Å²) in [6, 6.07) is 23.8. The number of aromatic hydroxyl groups is 1. The third kappa shape index (κ3) is 5.78. The number of rotatable bonds is 7. The number of aryl methyl sites for hydroxylation is 1. The molecule has 5 rings (SSSR count). The fourth-order valence-corrected chi connectivity index (χ4v) is 5.52. The lowest BCUT2D eigenvalue weighted by molar-refractivity contribution is 0.0734. The highest BCUT2D eigenvalue weighted by atomic mass is 32.1. The molecule has 1 aliphatic heterocycles. The standard InChI is InChI=1S/C29H29N3O2S/c1-21-5-12-28(35-21)20-31(19-26-4-2-3-14-30-26)17-22-6-8-24(9-7-22)29(34)32-15-13-23-10-11-27(33)16-25(23)18-32/h2-12,14,16,33H,13,15,17-20H2,1H3. The van der Waals surface area contributed by atoms with Crippen LogP contribution >= 0.6 is 11.3 Å². The number of benzene rings is 2. The molecule has 6 heteroatoms. The molecule has 35 heavy (non-hydrogen) atoms. The average molecular weight is 484 g/mol. The van der Waals surface area contributed by atoms with E-state index in [9.17, 15) is 9.90 Å². The van der Waals surface area contributed by atoms with E-state index in [4.69, 9.17) is 0 Å². The molecule has 5 nitrogen and oxygen atoms in total. The Hall–Kier alpha value is -3.48. The molecular formula is C29H29N3O2S. The quantitative estimate of drug-likeness (QED) is 0.374. The zero-order chi connectivity index (χ0) is 24.2. The zero-order valence-electron chi connectivity index (χ0n) is 19.9. The molecule has 2 aromatic carbocycles. The third-order valence-corrected chi connectivity index (χ3v) is 7.37. The number of nitrogens with zero attached hydrogens (tertiary/aromatic N) is 3. The van der Waals surface area contributed by atoms with Crippen molar-refractivity contribution in [2.75, 3.05) is 6.54 Å². The number of hydrogen-bond acceptors (Lipinski definition) is 5. The van der Waals surface area contributed by atoms with E-state index in [1.807, 2.05) is 52.8 Å². The second-order valence-electron chi connectivity index (χ2n) is 9.11. The van der Waals surface area contributed by atoms with Crippen LogP contribution in [-0.4, -0.2) is 32.3 Å². The van der Waals surface area contributed by atoms with Crippen molar-refractivity contribution in [2.45, 2.75) is 39.5 Å². The van der Waals surface area contributed by atoms with Crippen LogP contribution in [0.25, 0.3) is 0 Å². The molecule has 1 aliphatic rings. The molecular weight excluding hydrogens is 454 g/mol. The van der Waals surface area contributed by atoms with E-state index in [1.165, 1.54) is 20.9 Å². The minimum atomic E-state index is 0.0324. The highest BCUT2D eigenvalue weighted by Crippen LogP contribution is 2.25. The first kappa shape index (κ1) is 23.3. The van der Waals surface area contributed by atoms with Crippen LogP contribution in [0.1, 0.15) is 42.5 Å². The van der Waals surface area contributed by atoms with Crippen LogP contribution in [0.5, 0.6) is 5.75 Å². The molecule has 0 radical (unpaired) electrons. The minimum absolute atomic E-state index is 0.0324. The van der Waals surface area contributed by atoms with Gasteiger partial charge in [-0.25, -0.2) is 0 Å². The SMILES string of the molecule is Cc1ccc(CN(Cc2ccc(C(=O)N3CCc4ccc(O)cc4C3)cc2)Cc2ccccn2)s1. The van der Waals surface area contributed by atoms with Crippen LogP contribution in [0.3, 0.4) is 0 Å². The lowest BCUT2D eigenvalue weighted by atomic mass is 9.98. The van der Waals surface area contributed by atoms with Gasteiger partial charge in [0.15, 0.2) is 0 Å². The molecule has 0 spiro atoms. The van der Waals surface area contributed by atoms with Gasteiger partial charge in [0.25, 0.3) is 5.91 Å². The molecule has 4 aromatic rings. The van der Waals surface area contributed by atoms with Crippen molar-refractivity contribution in [3.05, 3.63) is 117 Å². The largest absolute Gasteiger partial charge is 0.508 e. The van der Waals surface area contributed by atoms with Gasteiger partial charge in [-0.3, -0.25) is 14.7 Å². The van der Waals surface area contributed by atoms with E-state index in [0.717, 1.165) is 37.3 Å². The van der Waals surface area contributed by atoms with Crippen molar-refractivity contribution in [2.24, 2.45) is 0 Å². The molecule has 0 unspecified atom stereocenters. The Morgan fingerprint density at radius 3 is 2.60 bits per heavy atom. The summed E-state index contributed by atoms with van der Waals surface area (Å²) in [7, 11) is 0. The van der Waals surface area contributed by atoms with E-state index in [2.05, 4.69) is 47.1 Å². The van der Waals surface area contributed by atoms with Crippen LogP contribution in [0.4, 0.5) is 0 Å². The fourth-order valence-electron chi connectivity index (χ4n) is 4.59. The smallest absolute Gasteiger partial charge is 0.254 e. The van der Waals surface area contributed by atoms with Crippen molar-refractivity contribution >= 4 is 17.2 Å². The predicted octanol–water partition coefficient (Wildman–Crippen LogP) is 5.56. The Morgan fingerprint density at radius 1 is 1.00 bits per heavy atom. The molecule has 0 saturated carbocycles. The molecule has 0 bridgehead atoms. The van der Waals surface area contributed by atoms with Crippen LogP contribution in [0.15, 0.2) is 79.0 Å². The number of fused-ring (bicyclic) bond motifs is 1. The first-order valence-electron chi connectivity index (χ1n) is 11.9. The first-order valence-corrected chi connectivity index (χ1v) is 12.7. The minimum Gasteiger partial charge on any atom is -0.508 e. The van der Waals surface area contributed by atoms with E-state index in [0.29, 0.717) is 18.7 Å². The number of phenols is 1. The van der Waals surface area contributed by atoms with Gasteiger partial charge in [0.1, 0.15) is 5.75 Å². The number of thiophene rings is 1. The molecule has 1 amide bonds. The number of carbonyl (C=O) groups excluding carboxylic acids is 1. The summed E-state index contributed by atoms with van der Waals surface area (Å²) >= 11 is 1.83. The summed E-state index contributed by atoms with van der Waals surface area (Å²) in [5, 5.41) is 9.81. The topological polar surface area (TPSA) is 56.7 Å². The summed E-state index contributed by atoms with van der Waals surface area (Å²) in [4.78, 5) is 24.6. The Bertz CT molecular complexity index is 1300. The van der Waals surface area contributed by atoms with Gasteiger partial charge in [-0.15, -0.1) is 11.3 Å². The lowest BCUT2D eigenvalue weighted by Crippen LogP contribution is -2.35. The summed E-state index contributed by atoms with van der Waals surface area (Å²) in [5.41, 5.74) is 5.14. The van der Waals surface area contributed by atoms with Crippen LogP contribution in [0, 0.1) is 6.92 Å². The molecule has 1 N–H and O–H groups in total. The summed E-state index contributed by atoms with van der Waals surface area (Å²) in [6.45, 7) is 5.75. The number of hydrogen-bond donors (Lipinski definition) is 1. The molecule has 0 aliphatic carbocycles. The maximum Gasteiger partial charge on any atom is 0.254 e. The molecule has 178 valence electrons. The molecule has 0 atom stereocenters. The number of pyridine rings is 1. The summed E-state index contributed by atoms with van der Waals surface area (Å²) in [6.07, 6.45) is 2.65. The van der Waals surface area contributed by atoms with Crippen molar-refractivity contribution < 1.29 is 9.90 Å². The van der Waals surface area contributed by atoms with Gasteiger partial charge in [0.05, 0.1) is 5.69 Å². The highest BCUT2D eigenvalue weighted by molar-refractivity contribution is 7.11. The maximum absolute atomic E-state index is 13.2. The Labute approximate surface area is 210 Å². The van der Waals surface area contributed by atoms with Crippen molar-refractivity contribution in [1.29, 1.82) is 0 Å². The zero-order valence-corrected chi connectivity index (χ0v) is 20.7. The van der Waals surface area contributed by atoms with Crippen molar-refractivity contribution in [1.82, 2.24) is 14.8 Å². The second kappa shape index (κ2) is 10.4. The first-order chi connectivity index (χ1) is 17.0. The monoisotopic (exact) mass is 483 g/mol. The van der Waals surface area contributed by atoms with Crippen LogP contribution < -0.4 is 0 Å². The molecule has 3 heterocycles. The molecule has 2 aromatic heterocycles. The van der Waals surface area contributed by atoms with Gasteiger partial charge >= 0.3 is 0 Å². The highest BCUT2D eigenvalue weighted by Gasteiger charge is 2.22. The predicted molar refractivity (Wildman–Crippen MR) is 139 cm³/mol. The van der Waals surface area contributed by atoms with Crippen LogP contribution in [0.2, 0.25) is 0 Å². The number of phenolic OH excluding ortho intramolecular Hbond substituents is 1. The van der Waals surface area contributed by atoms with Gasteiger partial charge in [-0.2, -0.15) is 0 Å². The number of carbonyl (C=O) groups is 1. The summed E-state index contributed by atoms with van der Waals surface area (Å²) in [5.74, 6) is 0.278. The van der Waals surface area contributed by atoms with Gasteiger partial charge < -0.3 is 10.0 Å². The maximum atomic E-state index is 13.2. The molecule has 0 saturated heterocycles. The van der Waals surface area contributed by atoms with E-state index in [1.54, 1.807) is 12.1 Å². The van der Waals surface area contributed by atoms with Crippen molar-refractivity contribution in [3.63, 3.8) is 0 Å². The van der Waals surface area contributed by atoms with Gasteiger partial charge in [-0.05, 0) is 78.6 Å². The summed E-state index contributed by atoms with van der Waals surface area (Å²) < 4.78 is 0. The molecule has 0 fully saturated rings.